The maximum absolute atomic E-state index is 13.6. The Morgan fingerprint density at radius 3 is 2.67 bits per heavy atom. The van der Waals surface area contributed by atoms with Crippen LogP contribution in [-0.4, -0.2) is 49.7 Å². The molecule has 0 N–H and O–H groups in total. The molecule has 114 valence electrons. The predicted octanol–water partition coefficient (Wildman–Crippen LogP) is 1.37. The van der Waals surface area contributed by atoms with Gasteiger partial charge in [-0.15, -0.1) is 0 Å². The molecule has 1 aliphatic rings. The summed E-state index contributed by atoms with van der Waals surface area (Å²) in [5, 5.41) is 0. The zero-order valence-electron chi connectivity index (χ0n) is 11.5. The van der Waals surface area contributed by atoms with Crippen molar-refractivity contribution in [1.29, 1.82) is 0 Å². The molecule has 21 heavy (non-hydrogen) atoms. The van der Waals surface area contributed by atoms with E-state index in [1.54, 1.807) is 0 Å². The summed E-state index contributed by atoms with van der Waals surface area (Å²) in [6.45, 7) is 0.495. The van der Waals surface area contributed by atoms with E-state index >= 15 is 0 Å². The molecular formula is C14H15F2NO4. The van der Waals surface area contributed by atoms with E-state index < -0.39 is 35.2 Å². The molecule has 1 aliphatic heterocycles. The fraction of sp³-hybridized carbons (Fsp3) is 0.429. The minimum Gasteiger partial charge on any atom is -0.469 e. The number of benzene rings is 1. The first-order chi connectivity index (χ1) is 10.0. The van der Waals surface area contributed by atoms with Gasteiger partial charge < -0.3 is 14.4 Å². The maximum atomic E-state index is 13.6. The average Bonchev–Trinajstić information content (AvgIpc) is 2.47. The molecule has 1 fully saturated rings. The first kappa shape index (κ1) is 15.4. The molecule has 1 aromatic rings. The van der Waals surface area contributed by atoms with Gasteiger partial charge in [-0.25, -0.2) is 8.78 Å². The van der Waals surface area contributed by atoms with Crippen molar-refractivity contribution in [3.63, 3.8) is 0 Å². The summed E-state index contributed by atoms with van der Waals surface area (Å²) >= 11 is 0. The van der Waals surface area contributed by atoms with Crippen molar-refractivity contribution < 1.29 is 27.8 Å². The predicted molar refractivity (Wildman–Crippen MR) is 68.6 cm³/mol. The fourth-order valence-electron chi connectivity index (χ4n) is 2.16. The van der Waals surface area contributed by atoms with Crippen LogP contribution in [0, 0.1) is 11.6 Å². The van der Waals surface area contributed by atoms with E-state index in [0.29, 0.717) is 0 Å². The smallest absolute Gasteiger partial charge is 0.308 e. The van der Waals surface area contributed by atoms with Gasteiger partial charge in [0.05, 0.1) is 26.2 Å². The van der Waals surface area contributed by atoms with Crippen molar-refractivity contribution in [2.75, 3.05) is 26.8 Å². The highest BCUT2D eigenvalue weighted by Gasteiger charge is 2.29. The lowest BCUT2D eigenvalue weighted by atomic mass is 10.1. The number of amides is 1. The van der Waals surface area contributed by atoms with Crippen LogP contribution in [0.3, 0.4) is 0 Å². The summed E-state index contributed by atoms with van der Waals surface area (Å²) in [7, 11) is 1.25. The minimum absolute atomic E-state index is 0.0139. The van der Waals surface area contributed by atoms with Gasteiger partial charge in [-0.1, -0.05) is 6.07 Å². The Hall–Kier alpha value is -2.02. The lowest BCUT2D eigenvalue weighted by Crippen LogP contribution is -2.46. The van der Waals surface area contributed by atoms with E-state index in [1.807, 2.05) is 0 Å². The third kappa shape index (κ3) is 3.55. The lowest BCUT2D eigenvalue weighted by molar-refractivity contribution is -0.145. The topological polar surface area (TPSA) is 55.8 Å². The fourth-order valence-corrected chi connectivity index (χ4v) is 2.16. The van der Waals surface area contributed by atoms with Crippen molar-refractivity contribution in [1.82, 2.24) is 4.90 Å². The molecule has 0 radical (unpaired) electrons. The summed E-state index contributed by atoms with van der Waals surface area (Å²) in [5.74, 6) is -3.03. The molecule has 0 spiro atoms. The number of esters is 1. The van der Waals surface area contributed by atoms with Crippen LogP contribution in [0.15, 0.2) is 18.2 Å². The number of carbonyl (C=O) groups is 2. The summed E-state index contributed by atoms with van der Waals surface area (Å²) in [4.78, 5) is 24.7. The van der Waals surface area contributed by atoms with Crippen molar-refractivity contribution in [3.8, 4) is 0 Å². The van der Waals surface area contributed by atoms with Crippen LogP contribution in [0.25, 0.3) is 0 Å². The SMILES string of the molecule is COC(=O)CC1CN(C(=O)c2c(F)cccc2F)CCO1. The average molecular weight is 299 g/mol. The minimum atomic E-state index is -0.906. The van der Waals surface area contributed by atoms with Gasteiger partial charge in [-0.2, -0.15) is 0 Å². The third-order valence-electron chi connectivity index (χ3n) is 3.22. The van der Waals surface area contributed by atoms with Gasteiger partial charge in [0.25, 0.3) is 5.91 Å². The summed E-state index contributed by atoms with van der Waals surface area (Å²) in [6, 6.07) is 3.26. The second-order valence-electron chi connectivity index (χ2n) is 4.62. The van der Waals surface area contributed by atoms with Gasteiger partial charge in [-0.3, -0.25) is 9.59 Å². The first-order valence-electron chi connectivity index (χ1n) is 6.44. The highest BCUT2D eigenvalue weighted by molar-refractivity contribution is 5.94. The summed E-state index contributed by atoms with van der Waals surface area (Å²) in [5.41, 5.74) is -0.587. The highest BCUT2D eigenvalue weighted by Crippen LogP contribution is 2.18. The molecular weight excluding hydrogens is 284 g/mol. The summed E-state index contributed by atoms with van der Waals surface area (Å²) < 4.78 is 37.1. The van der Waals surface area contributed by atoms with E-state index in [4.69, 9.17) is 4.74 Å². The Kier molecular flexibility index (Phi) is 4.85. The Balaban J connectivity index is 2.10. The van der Waals surface area contributed by atoms with Crippen molar-refractivity contribution >= 4 is 11.9 Å². The zero-order chi connectivity index (χ0) is 15.4. The van der Waals surface area contributed by atoms with E-state index in [2.05, 4.69) is 4.74 Å². The van der Waals surface area contributed by atoms with E-state index in [-0.39, 0.29) is 26.1 Å². The van der Waals surface area contributed by atoms with Gasteiger partial charge in [0.15, 0.2) is 0 Å². The quantitative estimate of drug-likeness (QED) is 0.791. The zero-order valence-corrected chi connectivity index (χ0v) is 11.5. The van der Waals surface area contributed by atoms with E-state index in [9.17, 15) is 18.4 Å². The van der Waals surface area contributed by atoms with Crippen molar-refractivity contribution in [2.24, 2.45) is 0 Å². The van der Waals surface area contributed by atoms with E-state index in [1.165, 1.54) is 18.1 Å². The second kappa shape index (κ2) is 6.62. The molecule has 1 heterocycles. The van der Waals surface area contributed by atoms with Gasteiger partial charge >= 0.3 is 5.97 Å². The van der Waals surface area contributed by atoms with Crippen LogP contribution in [-0.2, 0) is 14.3 Å². The van der Waals surface area contributed by atoms with Gasteiger partial charge in [-0.05, 0) is 12.1 Å². The number of rotatable bonds is 3. The van der Waals surface area contributed by atoms with Crippen LogP contribution < -0.4 is 0 Å². The normalized spacial score (nSPS) is 18.4. The van der Waals surface area contributed by atoms with Gasteiger partial charge in [0.2, 0.25) is 0 Å². The molecule has 0 aromatic heterocycles. The molecule has 1 aromatic carbocycles. The molecule has 2 rings (SSSR count). The molecule has 1 atom stereocenters. The standard InChI is InChI=1S/C14H15F2NO4/c1-20-12(18)7-9-8-17(5-6-21-9)14(19)13-10(15)3-2-4-11(13)16/h2-4,9H,5-8H2,1H3. The Bertz CT molecular complexity index is 530. The van der Waals surface area contributed by atoms with Crippen LogP contribution in [0.5, 0.6) is 0 Å². The summed E-state index contributed by atoms with van der Waals surface area (Å²) in [6.07, 6.45) is -0.551. The number of nitrogens with zero attached hydrogens (tertiary/aromatic N) is 1. The number of carbonyl (C=O) groups excluding carboxylic acids is 2. The Morgan fingerprint density at radius 1 is 1.38 bits per heavy atom. The molecule has 1 unspecified atom stereocenters. The maximum Gasteiger partial charge on any atom is 0.308 e. The Morgan fingerprint density at radius 2 is 2.05 bits per heavy atom. The molecule has 7 heteroatoms. The molecule has 0 aliphatic carbocycles. The van der Waals surface area contributed by atoms with Crippen molar-refractivity contribution in [2.45, 2.75) is 12.5 Å². The first-order valence-corrected chi connectivity index (χ1v) is 6.44. The van der Waals surface area contributed by atoms with Gasteiger partial charge in [0, 0.05) is 13.1 Å². The number of halogens is 2. The van der Waals surface area contributed by atoms with Crippen LogP contribution in [0.1, 0.15) is 16.8 Å². The number of methoxy groups -OCH3 is 1. The molecule has 0 saturated carbocycles. The number of hydrogen-bond acceptors (Lipinski definition) is 4. The largest absolute Gasteiger partial charge is 0.469 e. The van der Waals surface area contributed by atoms with Crippen LogP contribution in [0.4, 0.5) is 8.78 Å². The molecule has 5 nitrogen and oxygen atoms in total. The Labute approximate surface area is 120 Å². The highest BCUT2D eigenvalue weighted by atomic mass is 19.1. The molecule has 1 amide bonds. The molecule has 1 saturated heterocycles. The van der Waals surface area contributed by atoms with Crippen LogP contribution >= 0.6 is 0 Å². The van der Waals surface area contributed by atoms with E-state index in [0.717, 1.165) is 12.1 Å². The number of hydrogen-bond donors (Lipinski definition) is 0. The third-order valence-corrected chi connectivity index (χ3v) is 3.22. The molecule has 0 bridgehead atoms. The van der Waals surface area contributed by atoms with Crippen molar-refractivity contribution in [3.05, 3.63) is 35.4 Å². The monoisotopic (exact) mass is 299 g/mol. The van der Waals surface area contributed by atoms with Crippen LogP contribution in [0.2, 0.25) is 0 Å². The number of morpholine rings is 1. The van der Waals surface area contributed by atoms with Gasteiger partial charge in [0.1, 0.15) is 17.2 Å². The lowest BCUT2D eigenvalue weighted by Gasteiger charge is -2.32. The number of ether oxygens (including phenoxy) is 2. The second-order valence-corrected chi connectivity index (χ2v) is 4.62.